The molecule has 1 aliphatic heterocycles. The second-order valence-electron chi connectivity index (χ2n) is 5.27. The van der Waals surface area contributed by atoms with Crippen LogP contribution in [0.3, 0.4) is 0 Å². The van der Waals surface area contributed by atoms with Crippen LogP contribution in [0.25, 0.3) is 0 Å². The first-order valence-corrected chi connectivity index (χ1v) is 7.31. The van der Waals surface area contributed by atoms with Gasteiger partial charge in [-0.15, -0.1) is 0 Å². The van der Waals surface area contributed by atoms with Gasteiger partial charge in [0.2, 0.25) is 0 Å². The molecule has 19 heavy (non-hydrogen) atoms. The molecule has 0 radical (unpaired) electrons. The number of nitrogens with zero attached hydrogens (tertiary/aromatic N) is 1. The van der Waals surface area contributed by atoms with Gasteiger partial charge in [0, 0.05) is 17.1 Å². The Balaban J connectivity index is 1.79. The lowest BCUT2D eigenvalue weighted by molar-refractivity contribution is -0.0752. The van der Waals surface area contributed by atoms with E-state index in [1.165, 1.54) is 12.8 Å². The van der Waals surface area contributed by atoms with Gasteiger partial charge in [0.15, 0.2) is 0 Å². The van der Waals surface area contributed by atoms with Crippen LogP contribution in [0.4, 0.5) is 0 Å². The summed E-state index contributed by atoms with van der Waals surface area (Å²) in [5.41, 5.74) is 0.718. The van der Waals surface area contributed by atoms with Gasteiger partial charge in [-0.25, -0.2) is 0 Å². The number of halogens is 1. The number of amides is 1. The minimum Gasteiger partial charge on any atom is -0.374 e. The highest BCUT2D eigenvalue weighted by Crippen LogP contribution is 2.29. The van der Waals surface area contributed by atoms with E-state index in [-0.39, 0.29) is 18.1 Å². The van der Waals surface area contributed by atoms with Crippen molar-refractivity contribution in [3.05, 3.63) is 34.9 Å². The molecule has 2 atom stereocenters. The van der Waals surface area contributed by atoms with E-state index < -0.39 is 0 Å². The Labute approximate surface area is 118 Å². The Bertz CT molecular complexity index is 458. The van der Waals surface area contributed by atoms with Gasteiger partial charge in [0.25, 0.3) is 5.91 Å². The van der Waals surface area contributed by atoms with Crippen LogP contribution in [0.1, 0.15) is 36.0 Å². The van der Waals surface area contributed by atoms with E-state index in [1.807, 2.05) is 4.90 Å². The van der Waals surface area contributed by atoms with Crippen molar-refractivity contribution >= 4 is 17.5 Å². The summed E-state index contributed by atoms with van der Waals surface area (Å²) in [4.78, 5) is 14.6. The predicted octanol–water partition coefficient (Wildman–Crippen LogP) is 3.12. The summed E-state index contributed by atoms with van der Waals surface area (Å²) in [6, 6.07) is 7.41. The molecule has 4 heteroatoms. The van der Waals surface area contributed by atoms with Crippen molar-refractivity contribution in [3.63, 3.8) is 0 Å². The number of morpholine rings is 1. The molecule has 0 bridgehead atoms. The van der Waals surface area contributed by atoms with Gasteiger partial charge in [-0.3, -0.25) is 4.79 Å². The van der Waals surface area contributed by atoms with Gasteiger partial charge in [0.05, 0.1) is 18.8 Å². The molecule has 2 aliphatic rings. The third-order valence-corrected chi connectivity index (χ3v) is 4.34. The quantitative estimate of drug-likeness (QED) is 0.790. The van der Waals surface area contributed by atoms with E-state index in [9.17, 15) is 4.79 Å². The third kappa shape index (κ3) is 2.63. The molecule has 0 unspecified atom stereocenters. The highest BCUT2D eigenvalue weighted by Gasteiger charge is 2.36. The van der Waals surface area contributed by atoms with E-state index >= 15 is 0 Å². The molecule has 3 rings (SSSR count). The number of hydrogen-bond acceptors (Lipinski definition) is 2. The summed E-state index contributed by atoms with van der Waals surface area (Å²) in [5.74, 6) is 0.108. The average Bonchev–Trinajstić information content (AvgIpc) is 2.47. The lowest BCUT2D eigenvalue weighted by Gasteiger charge is -2.43. The van der Waals surface area contributed by atoms with Crippen molar-refractivity contribution in [2.45, 2.75) is 37.8 Å². The van der Waals surface area contributed by atoms with Crippen LogP contribution < -0.4 is 0 Å². The Morgan fingerprint density at radius 1 is 1.21 bits per heavy atom. The maximum Gasteiger partial charge on any atom is 0.254 e. The number of carbonyl (C=O) groups is 1. The highest BCUT2D eigenvalue weighted by atomic mass is 35.5. The minimum absolute atomic E-state index is 0.108. The van der Waals surface area contributed by atoms with Crippen molar-refractivity contribution in [2.24, 2.45) is 0 Å². The second-order valence-corrected chi connectivity index (χ2v) is 5.70. The molecule has 1 saturated heterocycles. The lowest BCUT2D eigenvalue weighted by atomic mass is 9.89. The molecule has 1 aliphatic carbocycles. The highest BCUT2D eigenvalue weighted by molar-refractivity contribution is 6.30. The van der Waals surface area contributed by atoms with Gasteiger partial charge in [-0.1, -0.05) is 24.4 Å². The molecule has 0 N–H and O–H groups in total. The molecular weight excluding hydrogens is 262 g/mol. The van der Waals surface area contributed by atoms with Crippen molar-refractivity contribution in [1.29, 1.82) is 0 Å². The van der Waals surface area contributed by atoms with Gasteiger partial charge in [-0.2, -0.15) is 0 Å². The molecular formula is C15H18ClNO2. The fourth-order valence-corrected chi connectivity index (χ4v) is 3.23. The fraction of sp³-hybridized carbons (Fsp3) is 0.533. The summed E-state index contributed by atoms with van der Waals surface area (Å²) in [6.07, 6.45) is 4.77. The average molecular weight is 280 g/mol. The Hall–Kier alpha value is -1.06. The molecule has 1 heterocycles. The van der Waals surface area contributed by atoms with Crippen molar-refractivity contribution < 1.29 is 9.53 Å². The summed E-state index contributed by atoms with van der Waals surface area (Å²) in [5, 5.41) is 0.661. The Kier molecular flexibility index (Phi) is 3.76. The summed E-state index contributed by atoms with van der Waals surface area (Å²) < 4.78 is 5.80. The zero-order chi connectivity index (χ0) is 13.2. The number of rotatable bonds is 1. The van der Waals surface area contributed by atoms with E-state index in [4.69, 9.17) is 16.3 Å². The van der Waals surface area contributed by atoms with Crippen LogP contribution in [-0.4, -0.2) is 36.1 Å². The molecule has 0 spiro atoms. The Morgan fingerprint density at radius 2 is 1.95 bits per heavy atom. The summed E-state index contributed by atoms with van der Waals surface area (Å²) in [7, 11) is 0. The zero-order valence-electron chi connectivity index (χ0n) is 10.8. The molecule has 1 aromatic rings. The van der Waals surface area contributed by atoms with Gasteiger partial charge < -0.3 is 9.64 Å². The monoisotopic (exact) mass is 279 g/mol. The number of benzene rings is 1. The Morgan fingerprint density at radius 3 is 2.74 bits per heavy atom. The maximum absolute atomic E-state index is 12.6. The zero-order valence-corrected chi connectivity index (χ0v) is 11.6. The van der Waals surface area contributed by atoms with Crippen molar-refractivity contribution in [3.8, 4) is 0 Å². The van der Waals surface area contributed by atoms with E-state index in [0.29, 0.717) is 18.2 Å². The van der Waals surface area contributed by atoms with Crippen molar-refractivity contribution in [1.82, 2.24) is 4.90 Å². The normalized spacial score (nSPS) is 26.9. The van der Waals surface area contributed by atoms with Crippen LogP contribution in [0.2, 0.25) is 5.02 Å². The first-order valence-electron chi connectivity index (χ1n) is 6.94. The van der Waals surface area contributed by atoms with Crippen LogP contribution in [0, 0.1) is 0 Å². The fourth-order valence-electron chi connectivity index (χ4n) is 3.11. The van der Waals surface area contributed by atoms with Gasteiger partial charge in [-0.05, 0) is 37.1 Å². The first kappa shape index (κ1) is 12.9. The minimum atomic E-state index is 0.108. The van der Waals surface area contributed by atoms with E-state index in [2.05, 4.69) is 0 Å². The number of fused-ring (bicyclic) bond motifs is 1. The SMILES string of the molecule is O=C(c1ccc(Cl)cc1)N1CCO[C@@H]2CCCC[C@@H]21. The van der Waals surface area contributed by atoms with Crippen LogP contribution in [-0.2, 0) is 4.74 Å². The predicted molar refractivity (Wildman–Crippen MR) is 74.5 cm³/mol. The molecule has 102 valence electrons. The smallest absolute Gasteiger partial charge is 0.254 e. The molecule has 1 amide bonds. The largest absolute Gasteiger partial charge is 0.374 e. The van der Waals surface area contributed by atoms with Crippen molar-refractivity contribution in [2.75, 3.05) is 13.2 Å². The van der Waals surface area contributed by atoms with Gasteiger partial charge in [0.1, 0.15) is 0 Å². The number of carbonyl (C=O) groups excluding carboxylic acids is 1. The second kappa shape index (κ2) is 5.51. The van der Waals surface area contributed by atoms with Gasteiger partial charge >= 0.3 is 0 Å². The standard InChI is InChI=1S/C15H18ClNO2/c16-12-7-5-11(6-8-12)15(18)17-9-10-19-14-4-2-1-3-13(14)17/h5-8,13-14H,1-4,9-10H2/t13-,14+/m0/s1. The molecule has 0 aromatic heterocycles. The molecule has 2 fully saturated rings. The third-order valence-electron chi connectivity index (χ3n) is 4.08. The van der Waals surface area contributed by atoms with Crippen LogP contribution in [0.5, 0.6) is 0 Å². The molecule has 1 aromatic carbocycles. The lowest BCUT2D eigenvalue weighted by Crippen LogP contribution is -2.54. The topological polar surface area (TPSA) is 29.5 Å². The first-order chi connectivity index (χ1) is 9.25. The number of ether oxygens (including phenoxy) is 1. The van der Waals surface area contributed by atoms with E-state index in [0.717, 1.165) is 18.4 Å². The maximum atomic E-state index is 12.6. The van der Waals surface area contributed by atoms with E-state index in [1.54, 1.807) is 24.3 Å². The molecule has 1 saturated carbocycles. The number of hydrogen-bond donors (Lipinski definition) is 0. The summed E-state index contributed by atoms with van der Waals surface area (Å²) in [6.45, 7) is 1.35. The van der Waals surface area contributed by atoms with Crippen LogP contribution >= 0.6 is 11.6 Å². The molecule has 3 nitrogen and oxygen atoms in total. The van der Waals surface area contributed by atoms with Crippen LogP contribution in [0.15, 0.2) is 24.3 Å². The summed E-state index contributed by atoms with van der Waals surface area (Å²) >= 11 is 5.87.